The Balaban J connectivity index is 1.47. The molecule has 3 heterocycles. The van der Waals surface area contributed by atoms with Crippen molar-refractivity contribution in [3.05, 3.63) is 30.6 Å². The van der Waals surface area contributed by atoms with Gasteiger partial charge >= 0.3 is 0 Å². The second-order valence-corrected chi connectivity index (χ2v) is 19.4. The Kier molecular flexibility index (Phi) is 10.8. The van der Waals surface area contributed by atoms with Crippen LogP contribution in [0.4, 0.5) is 0 Å². The van der Waals surface area contributed by atoms with E-state index in [9.17, 15) is 8.42 Å². The van der Waals surface area contributed by atoms with E-state index in [1.807, 2.05) is 28.7 Å². The standard InChI is InChI=1S/C30H48N4O7SSi/c1-22(21-42(35,36)37)19-38-14-15-39-20-23(2)33-18-24(17-31-33)29-26-16-25(41-43(6,7)30(3,4)5)11-12-27(26)34(32-29)28-10-8-9-13-40-28/h11-12,16-18,22-23,28H,8-10,13-15,19-21H2,1-7H3,(H,35,36,37)/t22-,23-,28?/m0/s1. The molecule has 0 bridgehead atoms. The predicted octanol–water partition coefficient (Wildman–Crippen LogP) is 6.10. The molecule has 11 nitrogen and oxygen atoms in total. The number of fused-ring (bicyclic) bond motifs is 1. The van der Waals surface area contributed by atoms with Gasteiger partial charge in [0.15, 0.2) is 6.23 Å². The first kappa shape index (κ1) is 33.6. The van der Waals surface area contributed by atoms with Crippen LogP contribution in [-0.2, 0) is 24.3 Å². The summed E-state index contributed by atoms with van der Waals surface area (Å²) in [5.74, 6) is 0.238. The molecule has 1 aromatic carbocycles. The van der Waals surface area contributed by atoms with Crippen LogP contribution in [0, 0.1) is 5.92 Å². The van der Waals surface area contributed by atoms with E-state index in [1.165, 1.54) is 0 Å². The third-order valence-electron chi connectivity index (χ3n) is 8.24. The Hall–Kier alpha value is -2.29. The molecular weight excluding hydrogens is 589 g/mol. The molecule has 1 aliphatic rings. The number of rotatable bonds is 14. The van der Waals surface area contributed by atoms with Crippen molar-refractivity contribution in [2.24, 2.45) is 5.92 Å². The molecule has 1 fully saturated rings. The van der Waals surface area contributed by atoms with Crippen LogP contribution in [-0.4, -0.2) is 79.6 Å². The van der Waals surface area contributed by atoms with Crippen LogP contribution >= 0.6 is 0 Å². The van der Waals surface area contributed by atoms with E-state index in [2.05, 4.69) is 57.2 Å². The quantitative estimate of drug-likeness (QED) is 0.127. The lowest BCUT2D eigenvalue weighted by atomic mass is 10.1. The maximum Gasteiger partial charge on any atom is 0.265 e. The van der Waals surface area contributed by atoms with Crippen molar-refractivity contribution < 1.29 is 31.6 Å². The van der Waals surface area contributed by atoms with Gasteiger partial charge in [-0.25, -0.2) is 4.68 Å². The van der Waals surface area contributed by atoms with Crippen molar-refractivity contribution in [1.82, 2.24) is 19.6 Å². The zero-order valence-electron chi connectivity index (χ0n) is 26.6. The van der Waals surface area contributed by atoms with Crippen LogP contribution in [0.25, 0.3) is 22.2 Å². The number of nitrogens with zero attached hydrogens (tertiary/aromatic N) is 4. The first-order valence-corrected chi connectivity index (χ1v) is 19.6. The molecular formula is C30H48N4O7SSi. The van der Waals surface area contributed by atoms with Crippen molar-refractivity contribution in [2.45, 2.75) is 84.3 Å². The molecule has 3 atom stereocenters. The fourth-order valence-corrected chi connectivity index (χ4v) is 6.66. The Morgan fingerprint density at radius 1 is 1.14 bits per heavy atom. The van der Waals surface area contributed by atoms with Crippen molar-refractivity contribution in [3.8, 4) is 17.0 Å². The SMILES string of the molecule is C[C@@H](COCCOC[C@H](C)n1cc(-c2nn(C3CCCCO3)c3ccc(O[Si](C)(C)C(C)(C)C)cc23)cn1)CS(=O)(=O)O. The minimum absolute atomic E-state index is 0.0280. The molecule has 0 saturated carbocycles. The van der Waals surface area contributed by atoms with Crippen LogP contribution in [0.5, 0.6) is 5.75 Å². The van der Waals surface area contributed by atoms with Crippen LogP contribution in [0.2, 0.25) is 18.1 Å². The molecule has 1 N–H and O–H groups in total. The first-order valence-electron chi connectivity index (χ1n) is 15.1. The van der Waals surface area contributed by atoms with Gasteiger partial charge in [-0.1, -0.05) is 27.7 Å². The highest BCUT2D eigenvalue weighted by Crippen LogP contribution is 2.40. The van der Waals surface area contributed by atoms with E-state index in [1.54, 1.807) is 6.92 Å². The van der Waals surface area contributed by atoms with Gasteiger partial charge < -0.3 is 18.6 Å². The Labute approximate surface area is 256 Å². The van der Waals surface area contributed by atoms with Gasteiger partial charge in [0.25, 0.3) is 10.1 Å². The van der Waals surface area contributed by atoms with Crippen LogP contribution in [0.3, 0.4) is 0 Å². The van der Waals surface area contributed by atoms with E-state index >= 15 is 0 Å². The highest BCUT2D eigenvalue weighted by molar-refractivity contribution is 7.85. The summed E-state index contributed by atoms with van der Waals surface area (Å²) in [5.41, 5.74) is 2.77. The largest absolute Gasteiger partial charge is 0.543 e. The molecule has 1 aliphatic heterocycles. The molecule has 0 amide bonds. The summed E-state index contributed by atoms with van der Waals surface area (Å²) in [5, 5.41) is 10.8. The fraction of sp³-hybridized carbons (Fsp3) is 0.667. The lowest BCUT2D eigenvalue weighted by Crippen LogP contribution is -2.43. The van der Waals surface area contributed by atoms with E-state index in [-0.39, 0.29) is 35.6 Å². The minimum Gasteiger partial charge on any atom is -0.543 e. The van der Waals surface area contributed by atoms with Crippen LogP contribution in [0.1, 0.15) is 66.2 Å². The number of aromatic nitrogens is 4. The number of ether oxygens (including phenoxy) is 3. The molecule has 4 rings (SSSR count). The van der Waals surface area contributed by atoms with Gasteiger partial charge in [0.2, 0.25) is 8.32 Å². The van der Waals surface area contributed by atoms with Gasteiger partial charge in [0.05, 0.1) is 49.9 Å². The van der Waals surface area contributed by atoms with E-state index in [0.717, 1.165) is 53.8 Å². The molecule has 0 radical (unpaired) electrons. The van der Waals surface area contributed by atoms with Gasteiger partial charge in [-0.15, -0.1) is 0 Å². The highest BCUT2D eigenvalue weighted by Gasteiger charge is 2.39. The average molecular weight is 637 g/mol. The van der Waals surface area contributed by atoms with Gasteiger partial charge in [-0.3, -0.25) is 9.23 Å². The molecule has 2 aromatic heterocycles. The zero-order valence-corrected chi connectivity index (χ0v) is 28.4. The van der Waals surface area contributed by atoms with Crippen molar-refractivity contribution in [2.75, 3.05) is 38.8 Å². The second kappa shape index (κ2) is 13.8. The molecule has 3 aromatic rings. The maximum atomic E-state index is 11.0. The van der Waals surface area contributed by atoms with E-state index < -0.39 is 18.4 Å². The van der Waals surface area contributed by atoms with Crippen molar-refractivity contribution in [3.63, 3.8) is 0 Å². The summed E-state index contributed by atoms with van der Waals surface area (Å²) in [6.07, 6.45) is 6.84. The zero-order chi connectivity index (χ0) is 31.4. The summed E-state index contributed by atoms with van der Waals surface area (Å²) >= 11 is 0. The lowest BCUT2D eigenvalue weighted by molar-refractivity contribution is -0.0365. The van der Waals surface area contributed by atoms with Gasteiger partial charge in [0.1, 0.15) is 11.4 Å². The van der Waals surface area contributed by atoms with Gasteiger partial charge in [-0.05, 0) is 68.4 Å². The fourth-order valence-electron chi connectivity index (χ4n) is 4.82. The Morgan fingerprint density at radius 2 is 1.86 bits per heavy atom. The summed E-state index contributed by atoms with van der Waals surface area (Å²) < 4.78 is 58.8. The molecule has 0 aliphatic carbocycles. The lowest BCUT2D eigenvalue weighted by Gasteiger charge is -2.36. The summed E-state index contributed by atoms with van der Waals surface area (Å²) in [6, 6.07) is 6.23. The van der Waals surface area contributed by atoms with Crippen molar-refractivity contribution >= 4 is 29.3 Å². The van der Waals surface area contributed by atoms with Gasteiger partial charge in [0, 0.05) is 23.8 Å². The number of benzene rings is 1. The monoisotopic (exact) mass is 636 g/mol. The molecule has 1 unspecified atom stereocenters. The van der Waals surface area contributed by atoms with Crippen LogP contribution in [0.15, 0.2) is 30.6 Å². The molecule has 0 spiro atoms. The average Bonchev–Trinajstić information content (AvgIpc) is 3.54. The minimum atomic E-state index is -4.00. The molecule has 43 heavy (non-hydrogen) atoms. The van der Waals surface area contributed by atoms with Gasteiger partial charge in [-0.2, -0.15) is 18.6 Å². The third-order valence-corrected chi connectivity index (χ3v) is 13.6. The van der Waals surface area contributed by atoms with Crippen molar-refractivity contribution in [1.29, 1.82) is 0 Å². The summed E-state index contributed by atoms with van der Waals surface area (Å²) in [4.78, 5) is 0. The Bertz CT molecular complexity index is 1460. The number of hydrogen-bond donors (Lipinski definition) is 1. The maximum absolute atomic E-state index is 11.0. The molecule has 13 heteroatoms. The third kappa shape index (κ3) is 8.89. The van der Waals surface area contributed by atoms with Crippen LogP contribution < -0.4 is 4.43 Å². The van der Waals surface area contributed by atoms with E-state index in [4.69, 9.17) is 28.3 Å². The Morgan fingerprint density at radius 3 is 2.51 bits per heavy atom. The summed E-state index contributed by atoms with van der Waals surface area (Å²) in [6.45, 7) is 17.1. The summed E-state index contributed by atoms with van der Waals surface area (Å²) in [7, 11) is -6.03. The first-order chi connectivity index (χ1) is 20.1. The smallest absolute Gasteiger partial charge is 0.265 e. The molecule has 240 valence electrons. The highest BCUT2D eigenvalue weighted by atomic mass is 32.2. The number of hydrogen-bond acceptors (Lipinski definition) is 8. The molecule has 1 saturated heterocycles. The van der Waals surface area contributed by atoms with E-state index in [0.29, 0.717) is 19.8 Å². The second-order valence-electron chi connectivity index (χ2n) is 13.2. The topological polar surface area (TPSA) is 127 Å². The predicted molar refractivity (Wildman–Crippen MR) is 170 cm³/mol. The normalized spacial score (nSPS) is 18.2.